The summed E-state index contributed by atoms with van der Waals surface area (Å²) in [4.78, 5) is 4.39. The van der Waals surface area contributed by atoms with E-state index in [2.05, 4.69) is 4.98 Å². The van der Waals surface area contributed by atoms with Crippen molar-refractivity contribution in [3.8, 4) is 0 Å². The Labute approximate surface area is 122 Å². The Morgan fingerprint density at radius 3 is 2.80 bits per heavy atom. The smallest absolute Gasteiger partial charge is 0.151 e. The largest absolute Gasteiger partial charge is 0.327 e. The highest BCUT2D eigenvalue weighted by molar-refractivity contribution is 7.91. The molecule has 110 valence electrons. The molecule has 1 aromatic carbocycles. The van der Waals surface area contributed by atoms with Crippen molar-refractivity contribution in [2.45, 2.75) is 19.9 Å². The molecule has 1 aromatic heterocycles. The van der Waals surface area contributed by atoms with Gasteiger partial charge in [-0.25, -0.2) is 17.8 Å². The van der Waals surface area contributed by atoms with Gasteiger partial charge in [-0.05, 0) is 18.2 Å². The first-order valence-electron chi connectivity index (χ1n) is 6.38. The molecule has 0 N–H and O–H groups in total. The summed E-state index contributed by atoms with van der Waals surface area (Å²) < 4.78 is 38.4. The lowest BCUT2D eigenvalue weighted by atomic mass is 10.3. The molecule has 0 spiro atoms. The predicted octanol–water partition coefficient (Wildman–Crippen LogP) is 2.39. The molecule has 0 fully saturated rings. The summed E-state index contributed by atoms with van der Waals surface area (Å²) in [5, 5.41) is 0. The zero-order chi connectivity index (χ0) is 14.8. The van der Waals surface area contributed by atoms with E-state index in [4.69, 9.17) is 11.6 Å². The number of aryl methyl sites for hydroxylation is 2. The number of halogens is 2. The van der Waals surface area contributed by atoms with Crippen LogP contribution in [0.25, 0.3) is 11.0 Å². The van der Waals surface area contributed by atoms with E-state index in [-0.39, 0.29) is 23.9 Å². The maximum absolute atomic E-state index is 13.4. The van der Waals surface area contributed by atoms with Crippen LogP contribution in [0.3, 0.4) is 0 Å². The molecular formula is C13H16ClFN2O2S. The first-order valence-corrected chi connectivity index (χ1v) is 8.73. The molecule has 0 aliphatic carbocycles. The van der Waals surface area contributed by atoms with E-state index >= 15 is 0 Å². The number of hydrogen-bond acceptors (Lipinski definition) is 3. The van der Waals surface area contributed by atoms with Crippen LogP contribution in [0.2, 0.25) is 0 Å². The van der Waals surface area contributed by atoms with Crippen molar-refractivity contribution in [1.29, 1.82) is 0 Å². The van der Waals surface area contributed by atoms with E-state index in [9.17, 15) is 12.8 Å². The lowest BCUT2D eigenvalue weighted by Crippen LogP contribution is -2.16. The van der Waals surface area contributed by atoms with Crippen molar-refractivity contribution in [1.82, 2.24) is 9.55 Å². The fourth-order valence-electron chi connectivity index (χ4n) is 2.05. The number of imidazole rings is 1. The van der Waals surface area contributed by atoms with Gasteiger partial charge in [0.05, 0.1) is 16.8 Å². The first-order chi connectivity index (χ1) is 9.46. The van der Waals surface area contributed by atoms with Crippen molar-refractivity contribution in [2.24, 2.45) is 0 Å². The average Bonchev–Trinajstić information content (AvgIpc) is 2.74. The molecule has 0 saturated heterocycles. The summed E-state index contributed by atoms with van der Waals surface area (Å²) in [6, 6.07) is 4.30. The Hall–Kier alpha value is -1.14. The fourth-order valence-corrected chi connectivity index (χ4v) is 2.96. The van der Waals surface area contributed by atoms with Crippen molar-refractivity contribution in [2.75, 3.05) is 17.4 Å². The van der Waals surface area contributed by atoms with Crippen molar-refractivity contribution < 1.29 is 12.8 Å². The SMILES string of the molecule is CCS(=O)(=O)CCn1c(CCCl)nc2ccc(F)cc21. The summed E-state index contributed by atoms with van der Waals surface area (Å²) in [5.41, 5.74) is 1.26. The Kier molecular flexibility index (Phi) is 4.65. The fraction of sp³-hybridized carbons (Fsp3) is 0.462. The van der Waals surface area contributed by atoms with E-state index in [1.807, 2.05) is 0 Å². The number of benzene rings is 1. The van der Waals surface area contributed by atoms with Crippen LogP contribution in [0.15, 0.2) is 18.2 Å². The molecular weight excluding hydrogens is 303 g/mol. The van der Waals surface area contributed by atoms with Crippen LogP contribution in [-0.4, -0.2) is 35.4 Å². The summed E-state index contributed by atoms with van der Waals surface area (Å²) in [5.74, 6) is 0.813. The lowest BCUT2D eigenvalue weighted by Gasteiger charge is -2.08. The molecule has 0 bridgehead atoms. The molecule has 0 unspecified atom stereocenters. The Balaban J connectivity index is 2.42. The predicted molar refractivity (Wildman–Crippen MR) is 78.4 cm³/mol. The number of nitrogens with zero attached hydrogens (tertiary/aromatic N) is 2. The number of rotatable bonds is 6. The van der Waals surface area contributed by atoms with E-state index in [1.165, 1.54) is 12.1 Å². The number of aromatic nitrogens is 2. The number of hydrogen-bond donors (Lipinski definition) is 0. The molecule has 0 radical (unpaired) electrons. The summed E-state index contributed by atoms with van der Waals surface area (Å²) >= 11 is 5.74. The van der Waals surface area contributed by atoms with Crippen LogP contribution in [0.1, 0.15) is 12.7 Å². The second-order valence-electron chi connectivity index (χ2n) is 4.49. The average molecular weight is 319 g/mol. The van der Waals surface area contributed by atoms with E-state index < -0.39 is 9.84 Å². The van der Waals surface area contributed by atoms with Gasteiger partial charge in [-0.15, -0.1) is 11.6 Å². The molecule has 4 nitrogen and oxygen atoms in total. The topological polar surface area (TPSA) is 52.0 Å². The lowest BCUT2D eigenvalue weighted by molar-refractivity contribution is 0.589. The van der Waals surface area contributed by atoms with E-state index in [0.717, 1.165) is 0 Å². The Morgan fingerprint density at radius 1 is 1.40 bits per heavy atom. The van der Waals surface area contributed by atoms with Gasteiger partial charge in [0, 0.05) is 24.6 Å². The van der Waals surface area contributed by atoms with E-state index in [1.54, 1.807) is 17.6 Å². The molecule has 2 aromatic rings. The van der Waals surface area contributed by atoms with Crippen LogP contribution < -0.4 is 0 Å². The Morgan fingerprint density at radius 2 is 2.15 bits per heavy atom. The minimum Gasteiger partial charge on any atom is -0.327 e. The van der Waals surface area contributed by atoms with Gasteiger partial charge >= 0.3 is 0 Å². The van der Waals surface area contributed by atoms with Gasteiger partial charge in [0.2, 0.25) is 0 Å². The monoisotopic (exact) mass is 318 g/mol. The number of fused-ring (bicyclic) bond motifs is 1. The third-order valence-electron chi connectivity index (χ3n) is 3.17. The molecule has 0 saturated carbocycles. The minimum absolute atomic E-state index is 0.0146. The third kappa shape index (κ3) is 3.30. The van der Waals surface area contributed by atoms with Gasteiger partial charge < -0.3 is 4.57 Å². The molecule has 0 aliphatic rings. The Bertz CT molecular complexity index is 712. The maximum atomic E-state index is 13.4. The van der Waals surface area contributed by atoms with Crippen LogP contribution in [0.4, 0.5) is 4.39 Å². The van der Waals surface area contributed by atoms with Crippen LogP contribution in [0.5, 0.6) is 0 Å². The van der Waals surface area contributed by atoms with Crippen LogP contribution >= 0.6 is 11.6 Å². The maximum Gasteiger partial charge on any atom is 0.151 e. The summed E-state index contributed by atoms with van der Waals surface area (Å²) in [6.45, 7) is 1.88. The highest BCUT2D eigenvalue weighted by Gasteiger charge is 2.14. The minimum atomic E-state index is -3.08. The molecule has 0 aliphatic heterocycles. The zero-order valence-electron chi connectivity index (χ0n) is 11.1. The van der Waals surface area contributed by atoms with Gasteiger partial charge in [0.1, 0.15) is 11.6 Å². The standard InChI is InChI=1S/C13H16ClFN2O2S/c1-2-20(18,19)8-7-17-12-9-10(15)3-4-11(12)16-13(17)5-6-14/h3-4,9H,2,5-8H2,1H3. The van der Waals surface area contributed by atoms with Gasteiger partial charge in [-0.1, -0.05) is 6.92 Å². The van der Waals surface area contributed by atoms with Gasteiger partial charge in [-0.2, -0.15) is 0 Å². The van der Waals surface area contributed by atoms with Gasteiger partial charge in [0.15, 0.2) is 9.84 Å². The van der Waals surface area contributed by atoms with Crippen LogP contribution in [0, 0.1) is 5.82 Å². The van der Waals surface area contributed by atoms with E-state index in [0.29, 0.717) is 29.2 Å². The molecule has 2 rings (SSSR count). The number of sulfone groups is 1. The van der Waals surface area contributed by atoms with Crippen molar-refractivity contribution in [3.05, 3.63) is 29.8 Å². The summed E-state index contributed by atoms with van der Waals surface area (Å²) in [7, 11) is -3.08. The molecule has 20 heavy (non-hydrogen) atoms. The first kappa shape index (κ1) is 15.3. The quantitative estimate of drug-likeness (QED) is 0.768. The zero-order valence-corrected chi connectivity index (χ0v) is 12.7. The highest BCUT2D eigenvalue weighted by Crippen LogP contribution is 2.18. The second kappa shape index (κ2) is 6.10. The van der Waals surface area contributed by atoms with Crippen molar-refractivity contribution in [3.63, 3.8) is 0 Å². The van der Waals surface area contributed by atoms with Gasteiger partial charge in [0.25, 0.3) is 0 Å². The third-order valence-corrected chi connectivity index (χ3v) is 5.05. The normalized spacial score (nSPS) is 12.2. The summed E-state index contributed by atoms with van der Waals surface area (Å²) in [6.07, 6.45) is 0.518. The molecule has 0 amide bonds. The molecule has 1 heterocycles. The number of alkyl halides is 1. The highest BCUT2D eigenvalue weighted by atomic mass is 35.5. The van der Waals surface area contributed by atoms with Gasteiger partial charge in [-0.3, -0.25) is 0 Å². The second-order valence-corrected chi connectivity index (χ2v) is 7.34. The molecule has 0 atom stereocenters. The van der Waals surface area contributed by atoms with Crippen molar-refractivity contribution >= 4 is 32.5 Å². The van der Waals surface area contributed by atoms with Crippen LogP contribution in [-0.2, 0) is 22.8 Å². The molecule has 7 heteroatoms.